The van der Waals surface area contributed by atoms with Crippen molar-refractivity contribution in [1.29, 1.82) is 0 Å². The van der Waals surface area contributed by atoms with Crippen LogP contribution in [-0.2, 0) is 24.8 Å². The van der Waals surface area contributed by atoms with Gasteiger partial charge in [-0.05, 0) is 37.0 Å². The van der Waals surface area contributed by atoms with Crippen molar-refractivity contribution in [2.45, 2.75) is 64.3 Å². The molecule has 0 aliphatic carbocycles. The molecule has 1 aromatic heterocycles. The number of rotatable bonds is 7. The second kappa shape index (κ2) is 10.2. The van der Waals surface area contributed by atoms with Crippen LogP contribution in [0.5, 0.6) is 0 Å². The van der Waals surface area contributed by atoms with Crippen LogP contribution in [0.1, 0.15) is 56.7 Å². The number of hydrogen-bond donors (Lipinski definition) is 2. The number of aryl methyl sites for hydroxylation is 2. The average molecular weight is 435 g/mol. The van der Waals surface area contributed by atoms with E-state index in [2.05, 4.69) is 44.2 Å². The lowest BCUT2D eigenvalue weighted by atomic mass is 9.84. The van der Waals surface area contributed by atoms with Gasteiger partial charge in [0, 0.05) is 50.0 Å². The number of nitrogens with zero attached hydrogens (tertiary/aromatic N) is 4. The Balaban J connectivity index is 1.46. The second-order valence-electron chi connectivity index (χ2n) is 8.46. The minimum absolute atomic E-state index is 0.276. The van der Waals surface area contributed by atoms with Crippen LogP contribution in [0.4, 0.5) is 4.39 Å². The third kappa shape index (κ3) is 5.72. The fourth-order valence-corrected chi connectivity index (χ4v) is 4.27. The van der Waals surface area contributed by atoms with Crippen LogP contribution in [-0.4, -0.2) is 40.9 Å². The fraction of sp³-hybridized carbons (Fsp3) is 0.591. The lowest BCUT2D eigenvalue weighted by Gasteiger charge is -2.27. The molecule has 0 atom stereocenters. The molecule has 2 heterocycles. The lowest BCUT2D eigenvalue weighted by Crippen LogP contribution is -2.43. The summed E-state index contributed by atoms with van der Waals surface area (Å²) in [4.78, 5) is 4.31. The monoisotopic (exact) mass is 434 g/mol. The highest BCUT2D eigenvalue weighted by Crippen LogP contribution is 2.29. The molecule has 0 radical (unpaired) electrons. The first-order valence-corrected chi connectivity index (χ1v) is 11.1. The standard InChI is InChI=1S/C22H32ClFN6/c1-22(2,17-11-10-16(24)14-18(17)23)15-27-21(25-3)26-12-7-9-20-29-28-19-8-5-4-6-13-30(19)20/h10-11,14H,4-9,12-13,15H2,1-3H3,(H2,25,26,27). The molecule has 1 aliphatic rings. The molecule has 2 aromatic rings. The zero-order valence-corrected chi connectivity index (χ0v) is 18.9. The summed E-state index contributed by atoms with van der Waals surface area (Å²) in [5.41, 5.74) is 0.627. The van der Waals surface area contributed by atoms with Crippen molar-refractivity contribution >= 4 is 17.6 Å². The van der Waals surface area contributed by atoms with E-state index >= 15 is 0 Å². The highest BCUT2D eigenvalue weighted by atomic mass is 35.5. The summed E-state index contributed by atoms with van der Waals surface area (Å²) in [5.74, 6) is 2.63. The number of hydrogen-bond acceptors (Lipinski definition) is 3. The summed E-state index contributed by atoms with van der Waals surface area (Å²) in [5, 5.41) is 15.9. The van der Waals surface area contributed by atoms with E-state index < -0.39 is 0 Å². The van der Waals surface area contributed by atoms with Gasteiger partial charge in [0.2, 0.25) is 0 Å². The van der Waals surface area contributed by atoms with Gasteiger partial charge in [-0.3, -0.25) is 4.99 Å². The second-order valence-corrected chi connectivity index (χ2v) is 8.87. The normalized spacial score (nSPS) is 14.9. The van der Waals surface area contributed by atoms with Crippen LogP contribution in [0, 0.1) is 5.82 Å². The largest absolute Gasteiger partial charge is 0.356 e. The van der Waals surface area contributed by atoms with Crippen molar-refractivity contribution < 1.29 is 4.39 Å². The molecular formula is C22H32ClFN6. The third-order valence-electron chi connectivity index (χ3n) is 5.64. The fourth-order valence-electron chi connectivity index (χ4n) is 3.84. The summed E-state index contributed by atoms with van der Waals surface area (Å²) < 4.78 is 15.7. The summed E-state index contributed by atoms with van der Waals surface area (Å²) in [6.07, 6.45) is 6.57. The van der Waals surface area contributed by atoms with E-state index in [1.807, 2.05) is 0 Å². The molecule has 3 rings (SSSR count). The van der Waals surface area contributed by atoms with Crippen molar-refractivity contribution in [3.8, 4) is 0 Å². The van der Waals surface area contributed by atoms with Gasteiger partial charge in [-0.2, -0.15) is 0 Å². The quantitative estimate of drug-likeness (QED) is 0.394. The number of aromatic nitrogens is 3. The van der Waals surface area contributed by atoms with Crippen LogP contribution >= 0.6 is 11.6 Å². The average Bonchev–Trinajstić information content (AvgIpc) is 2.93. The molecule has 30 heavy (non-hydrogen) atoms. The van der Waals surface area contributed by atoms with Crippen LogP contribution in [0.15, 0.2) is 23.2 Å². The lowest BCUT2D eigenvalue weighted by molar-refractivity contribution is 0.506. The van der Waals surface area contributed by atoms with Gasteiger partial charge >= 0.3 is 0 Å². The summed E-state index contributed by atoms with van der Waals surface area (Å²) in [7, 11) is 1.76. The maximum absolute atomic E-state index is 13.4. The van der Waals surface area contributed by atoms with E-state index in [0.717, 1.165) is 55.5 Å². The summed E-state index contributed by atoms with van der Waals surface area (Å²) >= 11 is 6.25. The molecule has 0 amide bonds. The number of aliphatic imine (C=N–C) groups is 1. The molecular weight excluding hydrogens is 403 g/mol. The zero-order chi connectivity index (χ0) is 21.6. The predicted octanol–water partition coefficient (Wildman–Crippen LogP) is 3.87. The van der Waals surface area contributed by atoms with Crippen molar-refractivity contribution in [1.82, 2.24) is 25.4 Å². The molecule has 8 heteroatoms. The van der Waals surface area contributed by atoms with Gasteiger partial charge in [-0.25, -0.2) is 4.39 Å². The Hall–Kier alpha value is -2.15. The smallest absolute Gasteiger partial charge is 0.191 e. The van der Waals surface area contributed by atoms with Crippen LogP contribution in [0.25, 0.3) is 0 Å². The van der Waals surface area contributed by atoms with Crippen molar-refractivity contribution in [2.24, 2.45) is 4.99 Å². The van der Waals surface area contributed by atoms with E-state index in [4.69, 9.17) is 11.6 Å². The van der Waals surface area contributed by atoms with E-state index in [1.165, 1.54) is 31.4 Å². The summed E-state index contributed by atoms with van der Waals surface area (Å²) in [6.45, 7) is 6.59. The van der Waals surface area contributed by atoms with Gasteiger partial charge in [-0.15, -0.1) is 10.2 Å². The molecule has 0 saturated heterocycles. The topological polar surface area (TPSA) is 67.1 Å². The SMILES string of the molecule is CN=C(NCCCc1nnc2n1CCCCC2)NCC(C)(C)c1ccc(F)cc1Cl. The minimum atomic E-state index is -0.324. The van der Waals surface area contributed by atoms with E-state index in [1.54, 1.807) is 13.1 Å². The van der Waals surface area contributed by atoms with Crippen LogP contribution < -0.4 is 10.6 Å². The molecule has 0 fully saturated rings. The van der Waals surface area contributed by atoms with E-state index in [0.29, 0.717) is 11.6 Å². The number of benzene rings is 1. The van der Waals surface area contributed by atoms with Gasteiger partial charge in [0.05, 0.1) is 0 Å². The van der Waals surface area contributed by atoms with Crippen molar-refractivity contribution in [2.75, 3.05) is 20.1 Å². The Morgan fingerprint density at radius 2 is 2.07 bits per heavy atom. The first kappa shape index (κ1) is 22.5. The molecule has 6 nitrogen and oxygen atoms in total. The maximum Gasteiger partial charge on any atom is 0.191 e. The number of halogens is 2. The Kier molecular flexibility index (Phi) is 7.69. The van der Waals surface area contributed by atoms with Gasteiger partial charge in [0.25, 0.3) is 0 Å². The first-order chi connectivity index (χ1) is 14.4. The number of fused-ring (bicyclic) bond motifs is 1. The highest BCUT2D eigenvalue weighted by molar-refractivity contribution is 6.31. The van der Waals surface area contributed by atoms with Crippen molar-refractivity contribution in [3.05, 3.63) is 46.3 Å². The molecule has 2 N–H and O–H groups in total. The predicted molar refractivity (Wildman–Crippen MR) is 120 cm³/mol. The third-order valence-corrected chi connectivity index (χ3v) is 5.95. The Labute approximate surface area is 183 Å². The molecule has 1 aliphatic heterocycles. The Morgan fingerprint density at radius 3 is 2.83 bits per heavy atom. The van der Waals surface area contributed by atoms with Gasteiger partial charge in [0.1, 0.15) is 17.5 Å². The molecule has 0 spiro atoms. The first-order valence-electron chi connectivity index (χ1n) is 10.7. The molecule has 1 aromatic carbocycles. The van der Waals surface area contributed by atoms with Gasteiger partial charge in [-0.1, -0.05) is 37.9 Å². The van der Waals surface area contributed by atoms with Crippen molar-refractivity contribution in [3.63, 3.8) is 0 Å². The zero-order valence-electron chi connectivity index (χ0n) is 18.1. The Morgan fingerprint density at radius 1 is 1.23 bits per heavy atom. The summed E-state index contributed by atoms with van der Waals surface area (Å²) in [6, 6.07) is 4.55. The Bertz CT molecular complexity index is 877. The molecule has 164 valence electrons. The number of guanidine groups is 1. The molecule has 0 saturated carbocycles. The minimum Gasteiger partial charge on any atom is -0.356 e. The molecule has 0 bridgehead atoms. The molecule has 0 unspecified atom stereocenters. The van der Waals surface area contributed by atoms with Gasteiger partial charge < -0.3 is 15.2 Å². The highest BCUT2D eigenvalue weighted by Gasteiger charge is 2.24. The van der Waals surface area contributed by atoms with Crippen LogP contribution in [0.2, 0.25) is 5.02 Å². The van der Waals surface area contributed by atoms with E-state index in [-0.39, 0.29) is 11.2 Å². The van der Waals surface area contributed by atoms with Crippen LogP contribution in [0.3, 0.4) is 0 Å². The number of nitrogens with one attached hydrogen (secondary N) is 2. The van der Waals surface area contributed by atoms with Gasteiger partial charge in [0.15, 0.2) is 5.96 Å². The maximum atomic E-state index is 13.4. The van der Waals surface area contributed by atoms with E-state index in [9.17, 15) is 4.39 Å².